The summed E-state index contributed by atoms with van der Waals surface area (Å²) in [6.07, 6.45) is 5.28. The molecule has 1 saturated heterocycles. The topological polar surface area (TPSA) is 79.2 Å². The van der Waals surface area contributed by atoms with E-state index in [1.807, 2.05) is 13.0 Å². The normalized spacial score (nSPS) is 18.5. The van der Waals surface area contributed by atoms with Crippen LogP contribution >= 0.6 is 0 Å². The predicted molar refractivity (Wildman–Crippen MR) is 95.6 cm³/mol. The number of pyridine rings is 1. The van der Waals surface area contributed by atoms with Crippen LogP contribution in [0.4, 0.5) is 0 Å². The Hall–Kier alpha value is -2.34. The number of hydrogen-bond acceptors (Lipinski definition) is 5. The first-order chi connectivity index (χ1) is 11.9. The highest BCUT2D eigenvalue weighted by Crippen LogP contribution is 2.29. The van der Waals surface area contributed by atoms with Gasteiger partial charge in [0.1, 0.15) is 5.82 Å². The van der Waals surface area contributed by atoms with E-state index in [1.165, 1.54) is 6.20 Å². The van der Waals surface area contributed by atoms with Crippen LogP contribution in [-0.2, 0) is 0 Å². The molecular weight excluding hydrogens is 316 g/mol. The highest BCUT2D eigenvalue weighted by Gasteiger charge is 2.24. The van der Waals surface area contributed by atoms with E-state index < -0.39 is 5.97 Å². The minimum Gasteiger partial charge on any atom is -0.478 e. The summed E-state index contributed by atoms with van der Waals surface area (Å²) in [6.45, 7) is 8.46. The maximum absolute atomic E-state index is 11.2. The Balaban J connectivity index is 1.93. The summed E-state index contributed by atoms with van der Waals surface area (Å²) in [5, 5.41) is 9.17. The Kier molecular flexibility index (Phi) is 5.08. The van der Waals surface area contributed by atoms with Crippen LogP contribution < -0.4 is 0 Å². The van der Waals surface area contributed by atoms with Gasteiger partial charge in [-0.15, -0.1) is 0 Å². The van der Waals surface area contributed by atoms with Gasteiger partial charge in [0.05, 0.1) is 11.3 Å². The summed E-state index contributed by atoms with van der Waals surface area (Å²) in [4.78, 5) is 26.9. The molecule has 0 radical (unpaired) electrons. The van der Waals surface area contributed by atoms with E-state index in [1.54, 1.807) is 12.3 Å². The number of piperidine rings is 1. The maximum Gasteiger partial charge on any atom is 0.337 e. The van der Waals surface area contributed by atoms with Crippen molar-refractivity contribution in [2.75, 3.05) is 13.1 Å². The average molecular weight is 340 g/mol. The van der Waals surface area contributed by atoms with Crippen LogP contribution in [0.2, 0.25) is 0 Å². The standard InChI is InChI=1S/C19H24N4O2/c1-12(2)23-6-4-5-14(11-23)17-8-18(22-13(3)21-17)15-7-16(19(24)25)10-20-9-15/h7-10,12,14H,4-6,11H2,1-3H3,(H,24,25)/t14-/m0/s1. The molecule has 132 valence electrons. The van der Waals surface area contributed by atoms with Gasteiger partial charge in [-0.2, -0.15) is 0 Å². The number of carboxylic acids is 1. The summed E-state index contributed by atoms with van der Waals surface area (Å²) in [5.74, 6) is 0.0994. The lowest BCUT2D eigenvalue weighted by atomic mass is 9.93. The zero-order valence-electron chi connectivity index (χ0n) is 14.9. The monoisotopic (exact) mass is 340 g/mol. The zero-order chi connectivity index (χ0) is 18.0. The number of nitrogens with zero attached hydrogens (tertiary/aromatic N) is 4. The molecule has 0 aliphatic carbocycles. The molecule has 1 fully saturated rings. The molecule has 3 heterocycles. The summed E-state index contributed by atoms with van der Waals surface area (Å²) >= 11 is 0. The van der Waals surface area contributed by atoms with Crippen molar-refractivity contribution in [3.8, 4) is 11.3 Å². The third-order valence-corrected chi connectivity index (χ3v) is 4.74. The van der Waals surface area contributed by atoms with Crippen LogP contribution in [0.5, 0.6) is 0 Å². The number of carboxylic acid groups (broad SMARTS) is 1. The van der Waals surface area contributed by atoms with E-state index >= 15 is 0 Å². The largest absolute Gasteiger partial charge is 0.478 e. The molecule has 0 spiro atoms. The number of aromatic carboxylic acids is 1. The molecule has 1 N–H and O–H groups in total. The summed E-state index contributed by atoms with van der Waals surface area (Å²) in [7, 11) is 0. The van der Waals surface area contributed by atoms with Crippen LogP contribution in [0.15, 0.2) is 24.5 Å². The predicted octanol–water partition coefficient (Wildman–Crippen LogP) is 3.13. The molecule has 0 bridgehead atoms. The van der Waals surface area contributed by atoms with Gasteiger partial charge in [-0.1, -0.05) is 0 Å². The van der Waals surface area contributed by atoms with E-state index in [0.717, 1.165) is 37.3 Å². The molecule has 0 aromatic carbocycles. The Labute approximate surface area is 148 Å². The van der Waals surface area contributed by atoms with Crippen molar-refractivity contribution in [2.24, 2.45) is 0 Å². The highest BCUT2D eigenvalue weighted by molar-refractivity contribution is 5.88. The number of hydrogen-bond donors (Lipinski definition) is 1. The molecule has 2 aromatic heterocycles. The van der Waals surface area contributed by atoms with Gasteiger partial charge in [-0.05, 0) is 52.3 Å². The molecule has 0 unspecified atom stereocenters. The van der Waals surface area contributed by atoms with Crippen molar-refractivity contribution in [1.82, 2.24) is 19.9 Å². The smallest absolute Gasteiger partial charge is 0.337 e. The van der Waals surface area contributed by atoms with Crippen molar-refractivity contribution in [1.29, 1.82) is 0 Å². The van der Waals surface area contributed by atoms with Crippen LogP contribution in [-0.4, -0.2) is 50.1 Å². The molecular formula is C19H24N4O2. The van der Waals surface area contributed by atoms with Crippen molar-refractivity contribution < 1.29 is 9.90 Å². The zero-order valence-corrected chi connectivity index (χ0v) is 14.9. The lowest BCUT2D eigenvalue weighted by Crippen LogP contribution is -2.39. The van der Waals surface area contributed by atoms with E-state index in [2.05, 4.69) is 33.7 Å². The van der Waals surface area contributed by atoms with Gasteiger partial charge in [0.25, 0.3) is 0 Å². The van der Waals surface area contributed by atoms with Gasteiger partial charge in [-0.25, -0.2) is 14.8 Å². The van der Waals surface area contributed by atoms with Crippen molar-refractivity contribution in [3.63, 3.8) is 0 Å². The number of rotatable bonds is 4. The van der Waals surface area contributed by atoms with Gasteiger partial charge in [0.15, 0.2) is 0 Å². The lowest BCUT2D eigenvalue weighted by Gasteiger charge is -2.35. The van der Waals surface area contributed by atoms with Gasteiger partial charge < -0.3 is 10.0 Å². The first-order valence-corrected chi connectivity index (χ1v) is 8.72. The van der Waals surface area contributed by atoms with Crippen molar-refractivity contribution in [2.45, 2.75) is 45.6 Å². The van der Waals surface area contributed by atoms with Gasteiger partial charge >= 0.3 is 5.97 Å². The summed E-state index contributed by atoms with van der Waals surface area (Å²) in [6, 6.07) is 4.13. The second-order valence-corrected chi connectivity index (χ2v) is 6.92. The molecule has 1 aliphatic heterocycles. The molecule has 6 nitrogen and oxygen atoms in total. The van der Waals surface area contributed by atoms with Crippen molar-refractivity contribution in [3.05, 3.63) is 41.6 Å². The van der Waals surface area contributed by atoms with Crippen LogP contribution in [0.3, 0.4) is 0 Å². The Bertz CT molecular complexity index is 776. The molecule has 0 amide bonds. The SMILES string of the molecule is Cc1nc(-c2cncc(C(=O)O)c2)cc([C@H]2CCCN(C(C)C)C2)n1. The molecule has 1 aliphatic rings. The fourth-order valence-corrected chi connectivity index (χ4v) is 3.36. The van der Waals surface area contributed by atoms with Gasteiger partial charge in [0.2, 0.25) is 0 Å². The summed E-state index contributed by atoms with van der Waals surface area (Å²) < 4.78 is 0. The molecule has 2 aromatic rings. The Morgan fingerprint density at radius 2 is 2.08 bits per heavy atom. The number of aromatic nitrogens is 3. The van der Waals surface area contributed by atoms with Crippen molar-refractivity contribution >= 4 is 5.97 Å². The van der Waals surface area contributed by atoms with Crippen LogP contribution in [0, 0.1) is 6.92 Å². The van der Waals surface area contributed by atoms with E-state index in [4.69, 9.17) is 0 Å². The van der Waals surface area contributed by atoms with Crippen LogP contribution in [0.25, 0.3) is 11.3 Å². The second kappa shape index (κ2) is 7.27. The molecule has 1 atom stereocenters. The maximum atomic E-state index is 11.2. The minimum absolute atomic E-state index is 0.166. The third kappa shape index (κ3) is 4.02. The number of aryl methyl sites for hydroxylation is 1. The number of carbonyl (C=O) groups is 1. The lowest BCUT2D eigenvalue weighted by molar-refractivity contribution is 0.0696. The Morgan fingerprint density at radius 3 is 2.80 bits per heavy atom. The fraction of sp³-hybridized carbons (Fsp3) is 0.474. The van der Waals surface area contributed by atoms with E-state index in [9.17, 15) is 9.90 Å². The quantitative estimate of drug-likeness (QED) is 0.921. The first-order valence-electron chi connectivity index (χ1n) is 8.72. The minimum atomic E-state index is -0.986. The van der Waals surface area contributed by atoms with E-state index in [0.29, 0.717) is 23.3 Å². The number of likely N-dealkylation sites (tertiary alicyclic amines) is 1. The van der Waals surface area contributed by atoms with E-state index in [-0.39, 0.29) is 5.56 Å². The van der Waals surface area contributed by atoms with Gasteiger partial charge in [-0.3, -0.25) is 4.98 Å². The summed E-state index contributed by atoms with van der Waals surface area (Å²) in [5.41, 5.74) is 2.65. The molecule has 0 saturated carbocycles. The second-order valence-electron chi connectivity index (χ2n) is 6.92. The third-order valence-electron chi connectivity index (χ3n) is 4.74. The molecule has 3 rings (SSSR count). The highest BCUT2D eigenvalue weighted by atomic mass is 16.4. The first kappa shape index (κ1) is 17.5. The van der Waals surface area contributed by atoms with Gasteiger partial charge in [0, 0.05) is 42.2 Å². The fourth-order valence-electron chi connectivity index (χ4n) is 3.36. The van der Waals surface area contributed by atoms with Crippen LogP contribution in [0.1, 0.15) is 54.5 Å². The Morgan fingerprint density at radius 1 is 1.28 bits per heavy atom. The average Bonchev–Trinajstić information content (AvgIpc) is 2.61. The molecule has 25 heavy (non-hydrogen) atoms. The molecule has 6 heteroatoms.